The van der Waals surface area contributed by atoms with E-state index in [1.165, 1.54) is 19.3 Å². The summed E-state index contributed by atoms with van der Waals surface area (Å²) in [5.41, 5.74) is 1.67. The molecule has 0 aromatic heterocycles. The molecule has 1 atom stereocenters. The Kier molecular flexibility index (Phi) is 8.58. The first-order valence-corrected chi connectivity index (χ1v) is 11.7. The normalized spacial score (nSPS) is 19.9. The van der Waals surface area contributed by atoms with Crippen LogP contribution >= 0.6 is 11.6 Å². The van der Waals surface area contributed by atoms with Gasteiger partial charge in [0.25, 0.3) is 0 Å². The predicted molar refractivity (Wildman–Crippen MR) is 125 cm³/mol. The molecule has 1 saturated heterocycles. The van der Waals surface area contributed by atoms with Gasteiger partial charge < -0.3 is 20.9 Å². The minimum atomic E-state index is -0.112. The largest absolute Gasteiger partial charge is 0.356 e. The maximum atomic E-state index is 12.7. The van der Waals surface area contributed by atoms with Crippen LogP contribution in [0.25, 0.3) is 0 Å². The van der Waals surface area contributed by atoms with Gasteiger partial charge >= 0.3 is 0 Å². The van der Waals surface area contributed by atoms with Gasteiger partial charge in [-0.1, -0.05) is 36.9 Å². The first-order valence-electron chi connectivity index (χ1n) is 11.3. The first kappa shape index (κ1) is 23.4. The van der Waals surface area contributed by atoms with Gasteiger partial charge in [-0.15, -0.1) is 0 Å². The van der Waals surface area contributed by atoms with Crippen molar-refractivity contribution in [1.29, 1.82) is 0 Å². The van der Waals surface area contributed by atoms with Crippen LogP contribution in [0.3, 0.4) is 0 Å². The molecular weight excluding hydrogens is 414 g/mol. The minimum Gasteiger partial charge on any atom is -0.356 e. The molecule has 1 heterocycles. The number of rotatable bonds is 6. The Hall–Kier alpha value is -2.28. The molecule has 2 amide bonds. The monoisotopic (exact) mass is 447 g/mol. The van der Waals surface area contributed by atoms with Crippen molar-refractivity contribution >= 4 is 35.1 Å². The minimum absolute atomic E-state index is 0.112. The second-order valence-electron chi connectivity index (χ2n) is 8.53. The number of guanidine groups is 1. The molecular formula is C23H34ClN5O2. The zero-order valence-electron chi connectivity index (χ0n) is 18.5. The molecule has 1 unspecified atom stereocenters. The molecule has 1 aliphatic heterocycles. The number of likely N-dealkylation sites (tertiary alicyclic amines) is 1. The number of halogens is 1. The van der Waals surface area contributed by atoms with E-state index in [1.54, 1.807) is 7.05 Å². The van der Waals surface area contributed by atoms with Crippen LogP contribution in [0.1, 0.15) is 50.5 Å². The average Bonchev–Trinajstić information content (AvgIpc) is 3.23. The number of benzene rings is 1. The van der Waals surface area contributed by atoms with Gasteiger partial charge in [0.05, 0.1) is 10.7 Å². The van der Waals surface area contributed by atoms with E-state index >= 15 is 0 Å². The van der Waals surface area contributed by atoms with E-state index < -0.39 is 0 Å². The van der Waals surface area contributed by atoms with Crippen LogP contribution < -0.4 is 16.0 Å². The van der Waals surface area contributed by atoms with Crippen molar-refractivity contribution in [2.75, 3.05) is 32.0 Å². The number of amides is 2. The third kappa shape index (κ3) is 6.86. The lowest BCUT2D eigenvalue weighted by molar-refractivity contribution is -0.135. The number of nitrogens with one attached hydrogen (secondary N) is 3. The van der Waals surface area contributed by atoms with Gasteiger partial charge in [0.2, 0.25) is 11.8 Å². The molecule has 2 fully saturated rings. The summed E-state index contributed by atoms with van der Waals surface area (Å²) >= 11 is 6.17. The maximum Gasteiger partial charge on any atom is 0.226 e. The number of nitrogens with zero attached hydrogens (tertiary/aromatic N) is 2. The lowest BCUT2D eigenvalue weighted by Gasteiger charge is -2.26. The summed E-state index contributed by atoms with van der Waals surface area (Å²) in [6, 6.07) is 5.73. The van der Waals surface area contributed by atoms with Crippen molar-refractivity contribution in [1.82, 2.24) is 15.5 Å². The van der Waals surface area contributed by atoms with Crippen molar-refractivity contribution < 1.29 is 9.59 Å². The Morgan fingerprint density at radius 3 is 2.68 bits per heavy atom. The van der Waals surface area contributed by atoms with Gasteiger partial charge in [-0.25, -0.2) is 0 Å². The lowest BCUT2D eigenvalue weighted by Crippen LogP contribution is -2.46. The van der Waals surface area contributed by atoms with Crippen LogP contribution in [-0.2, 0) is 9.59 Å². The Morgan fingerprint density at radius 2 is 1.97 bits per heavy atom. The summed E-state index contributed by atoms with van der Waals surface area (Å²) in [6.45, 7) is 3.91. The van der Waals surface area contributed by atoms with Crippen molar-refractivity contribution in [2.24, 2.45) is 10.9 Å². The van der Waals surface area contributed by atoms with E-state index in [0.717, 1.165) is 31.4 Å². The second kappa shape index (κ2) is 11.4. The van der Waals surface area contributed by atoms with Gasteiger partial charge in [0.15, 0.2) is 5.96 Å². The summed E-state index contributed by atoms with van der Waals surface area (Å²) in [5.74, 6) is 1.07. The zero-order chi connectivity index (χ0) is 22.2. The maximum absolute atomic E-state index is 12.7. The summed E-state index contributed by atoms with van der Waals surface area (Å²) in [5, 5.41) is 9.94. The fraction of sp³-hybridized carbons (Fsp3) is 0.609. The van der Waals surface area contributed by atoms with Gasteiger partial charge in [0.1, 0.15) is 0 Å². The van der Waals surface area contributed by atoms with Crippen LogP contribution in [0.15, 0.2) is 23.2 Å². The summed E-state index contributed by atoms with van der Waals surface area (Å²) < 4.78 is 0. The summed E-state index contributed by atoms with van der Waals surface area (Å²) in [7, 11) is 1.71. The highest BCUT2D eigenvalue weighted by atomic mass is 35.5. The highest BCUT2D eigenvalue weighted by Gasteiger charge is 2.31. The van der Waals surface area contributed by atoms with Crippen LogP contribution in [0.5, 0.6) is 0 Å². The third-order valence-electron chi connectivity index (χ3n) is 6.06. The fourth-order valence-corrected chi connectivity index (χ4v) is 4.58. The van der Waals surface area contributed by atoms with E-state index in [4.69, 9.17) is 11.6 Å². The highest BCUT2D eigenvalue weighted by Crippen LogP contribution is 2.27. The van der Waals surface area contributed by atoms with Crippen LogP contribution in [0, 0.1) is 12.8 Å². The molecule has 0 bridgehead atoms. The highest BCUT2D eigenvalue weighted by molar-refractivity contribution is 6.33. The quantitative estimate of drug-likeness (QED) is 0.461. The Morgan fingerprint density at radius 1 is 1.19 bits per heavy atom. The molecule has 3 rings (SSSR count). The van der Waals surface area contributed by atoms with E-state index in [1.807, 2.05) is 30.0 Å². The lowest BCUT2D eigenvalue weighted by atomic mass is 9.88. The number of hydrogen-bond donors (Lipinski definition) is 3. The van der Waals surface area contributed by atoms with Crippen molar-refractivity contribution in [3.8, 4) is 0 Å². The summed E-state index contributed by atoms with van der Waals surface area (Å²) in [6.07, 6.45) is 6.87. The van der Waals surface area contributed by atoms with Crippen molar-refractivity contribution in [3.05, 3.63) is 28.8 Å². The van der Waals surface area contributed by atoms with Gasteiger partial charge in [-0.2, -0.15) is 0 Å². The molecule has 1 saturated carbocycles. The zero-order valence-corrected chi connectivity index (χ0v) is 19.3. The Balaban J connectivity index is 1.38. The smallest absolute Gasteiger partial charge is 0.226 e. The number of hydrogen-bond acceptors (Lipinski definition) is 3. The molecule has 0 spiro atoms. The molecule has 170 valence electrons. The number of carbonyl (C=O) groups excluding carboxylic acids is 2. The Bertz CT molecular complexity index is 807. The van der Waals surface area contributed by atoms with Crippen molar-refractivity contribution in [2.45, 2.75) is 57.9 Å². The van der Waals surface area contributed by atoms with Crippen LogP contribution in [0.2, 0.25) is 5.02 Å². The molecule has 1 aromatic carbocycles. The van der Waals surface area contributed by atoms with Gasteiger partial charge in [-0.3, -0.25) is 14.6 Å². The van der Waals surface area contributed by atoms with Gasteiger partial charge in [-0.05, 0) is 43.9 Å². The standard InChI is InChI=1S/C23H34ClN5O2/c1-16-8-9-20(19(24)14-16)28-21(30)10-12-26-23(25-2)27-18-11-13-29(15-18)22(31)17-6-4-3-5-7-17/h8-9,14,17-18H,3-7,10-13,15H2,1-2H3,(H,28,30)(H2,25,26,27). The Labute approximate surface area is 190 Å². The SMILES string of the molecule is CN=C(NCCC(=O)Nc1ccc(C)cc1Cl)NC1CCN(C(=O)C2CCCCC2)C1. The van der Waals surface area contributed by atoms with Crippen LogP contribution in [-0.4, -0.2) is 55.4 Å². The summed E-state index contributed by atoms with van der Waals surface area (Å²) in [4.78, 5) is 31.2. The van der Waals surface area contributed by atoms with E-state index in [0.29, 0.717) is 42.1 Å². The van der Waals surface area contributed by atoms with Gasteiger partial charge in [0, 0.05) is 45.1 Å². The molecule has 1 aliphatic carbocycles. The third-order valence-corrected chi connectivity index (χ3v) is 6.37. The number of aliphatic imine (C=N–C) groups is 1. The van der Waals surface area contributed by atoms with E-state index in [2.05, 4.69) is 20.9 Å². The molecule has 0 radical (unpaired) electrons. The molecule has 8 heteroatoms. The average molecular weight is 448 g/mol. The molecule has 7 nitrogen and oxygen atoms in total. The number of carbonyl (C=O) groups is 2. The van der Waals surface area contributed by atoms with E-state index in [9.17, 15) is 9.59 Å². The molecule has 2 aliphatic rings. The number of anilines is 1. The second-order valence-corrected chi connectivity index (χ2v) is 8.94. The topological polar surface area (TPSA) is 85.8 Å². The van der Waals surface area contributed by atoms with Crippen LogP contribution in [0.4, 0.5) is 5.69 Å². The predicted octanol–water partition coefficient (Wildman–Crippen LogP) is 3.32. The molecule has 31 heavy (non-hydrogen) atoms. The fourth-order valence-electron chi connectivity index (χ4n) is 4.30. The molecule has 1 aromatic rings. The molecule has 3 N–H and O–H groups in total. The van der Waals surface area contributed by atoms with E-state index in [-0.39, 0.29) is 17.9 Å². The first-order chi connectivity index (χ1) is 15.0. The van der Waals surface area contributed by atoms with Crippen molar-refractivity contribution in [3.63, 3.8) is 0 Å². The number of aryl methyl sites for hydroxylation is 1.